The van der Waals surface area contributed by atoms with Crippen LogP contribution in [0.2, 0.25) is 0 Å². The van der Waals surface area contributed by atoms with Gasteiger partial charge in [-0.3, -0.25) is 4.68 Å². The van der Waals surface area contributed by atoms with Crippen LogP contribution in [0.1, 0.15) is 30.1 Å². The van der Waals surface area contributed by atoms with Gasteiger partial charge in [-0.15, -0.1) is 0 Å². The first-order chi connectivity index (χ1) is 8.24. The van der Waals surface area contributed by atoms with Crippen molar-refractivity contribution in [3.8, 4) is 0 Å². The third kappa shape index (κ3) is 2.05. The number of hydrogen-bond donors (Lipinski definition) is 1. The van der Waals surface area contributed by atoms with Crippen LogP contribution in [0.4, 0.5) is 5.95 Å². The van der Waals surface area contributed by atoms with Gasteiger partial charge in [0.05, 0.1) is 5.69 Å². The Morgan fingerprint density at radius 2 is 2.29 bits per heavy atom. The van der Waals surface area contributed by atoms with Gasteiger partial charge in [0.15, 0.2) is 0 Å². The molecular formula is C12H17N5. The molecule has 0 amide bonds. The fourth-order valence-electron chi connectivity index (χ4n) is 2.09. The second-order valence-electron chi connectivity index (χ2n) is 4.66. The summed E-state index contributed by atoms with van der Waals surface area (Å²) in [5.74, 6) is 0.968. The predicted octanol–water partition coefficient (Wildman–Crippen LogP) is 1.87. The number of rotatable bonds is 4. The van der Waals surface area contributed by atoms with Gasteiger partial charge in [0.2, 0.25) is 5.95 Å². The number of nitrogens with zero attached hydrogens (tertiary/aromatic N) is 4. The van der Waals surface area contributed by atoms with E-state index in [-0.39, 0.29) is 0 Å². The molecule has 1 aliphatic carbocycles. The molecule has 17 heavy (non-hydrogen) atoms. The van der Waals surface area contributed by atoms with Crippen molar-refractivity contribution in [2.24, 2.45) is 7.05 Å². The summed E-state index contributed by atoms with van der Waals surface area (Å²) in [7, 11) is 1.95. The quantitative estimate of drug-likeness (QED) is 0.874. The highest BCUT2D eigenvalue weighted by atomic mass is 15.3. The molecule has 3 rings (SSSR count). The number of aromatic nitrogens is 4. The second-order valence-corrected chi connectivity index (χ2v) is 4.66. The zero-order valence-electron chi connectivity index (χ0n) is 10.2. The molecule has 0 bridgehead atoms. The highest BCUT2D eigenvalue weighted by molar-refractivity contribution is 5.30. The summed E-state index contributed by atoms with van der Waals surface area (Å²) >= 11 is 0. The summed E-state index contributed by atoms with van der Waals surface area (Å²) in [5.41, 5.74) is 2.29. The Labute approximate surface area is 100 Å². The van der Waals surface area contributed by atoms with Gasteiger partial charge < -0.3 is 9.88 Å². The molecular weight excluding hydrogens is 214 g/mol. The van der Waals surface area contributed by atoms with E-state index in [1.165, 1.54) is 18.4 Å². The number of anilines is 1. The molecule has 5 heteroatoms. The van der Waals surface area contributed by atoms with E-state index in [2.05, 4.69) is 26.2 Å². The van der Waals surface area contributed by atoms with Crippen LogP contribution in [0.15, 0.2) is 18.6 Å². The van der Waals surface area contributed by atoms with E-state index < -0.39 is 0 Å². The normalized spacial score (nSPS) is 15.2. The molecule has 2 aromatic rings. The summed E-state index contributed by atoms with van der Waals surface area (Å²) in [5, 5.41) is 7.71. The van der Waals surface area contributed by atoms with Crippen LogP contribution < -0.4 is 5.32 Å². The standard InChI is InChI=1S/C12H17N5/c1-9-10(8-16(2)15-9)7-14-12-13-5-6-17(12)11-3-4-11/h5-6,8,11H,3-4,7H2,1-2H3,(H,13,14). The molecule has 0 atom stereocenters. The molecule has 0 saturated heterocycles. The van der Waals surface area contributed by atoms with Crippen LogP contribution >= 0.6 is 0 Å². The Kier molecular flexibility index (Phi) is 2.39. The van der Waals surface area contributed by atoms with E-state index in [0.29, 0.717) is 6.04 Å². The van der Waals surface area contributed by atoms with Crippen LogP contribution in [0.25, 0.3) is 0 Å². The Bertz CT molecular complexity index is 521. The van der Waals surface area contributed by atoms with E-state index in [1.807, 2.05) is 31.0 Å². The summed E-state index contributed by atoms with van der Waals surface area (Å²) in [6, 6.07) is 0.662. The minimum Gasteiger partial charge on any atom is -0.351 e. The summed E-state index contributed by atoms with van der Waals surface area (Å²) in [4.78, 5) is 4.35. The van der Waals surface area contributed by atoms with Crippen molar-refractivity contribution in [1.82, 2.24) is 19.3 Å². The average molecular weight is 231 g/mol. The number of aryl methyl sites for hydroxylation is 2. The third-order valence-corrected chi connectivity index (χ3v) is 3.16. The summed E-state index contributed by atoms with van der Waals surface area (Å²) in [6.45, 7) is 2.81. The van der Waals surface area contributed by atoms with Gasteiger partial charge in [0, 0.05) is 43.8 Å². The maximum atomic E-state index is 4.35. The van der Waals surface area contributed by atoms with E-state index in [9.17, 15) is 0 Å². The van der Waals surface area contributed by atoms with Crippen molar-refractivity contribution in [3.05, 3.63) is 29.8 Å². The summed E-state index contributed by atoms with van der Waals surface area (Å²) in [6.07, 6.45) is 8.51. The zero-order valence-corrected chi connectivity index (χ0v) is 10.2. The first-order valence-corrected chi connectivity index (χ1v) is 6.00. The van der Waals surface area contributed by atoms with Crippen molar-refractivity contribution in [3.63, 3.8) is 0 Å². The topological polar surface area (TPSA) is 47.7 Å². The van der Waals surface area contributed by atoms with Crippen LogP contribution in [0, 0.1) is 6.92 Å². The van der Waals surface area contributed by atoms with Gasteiger partial charge in [0.1, 0.15) is 0 Å². The van der Waals surface area contributed by atoms with Gasteiger partial charge in [-0.05, 0) is 19.8 Å². The van der Waals surface area contributed by atoms with Gasteiger partial charge in [-0.25, -0.2) is 4.98 Å². The van der Waals surface area contributed by atoms with Gasteiger partial charge in [-0.2, -0.15) is 5.10 Å². The maximum Gasteiger partial charge on any atom is 0.203 e. The number of nitrogens with one attached hydrogen (secondary N) is 1. The van der Waals surface area contributed by atoms with Crippen molar-refractivity contribution in [2.75, 3.05) is 5.32 Å². The average Bonchev–Trinajstić information content (AvgIpc) is 2.94. The van der Waals surface area contributed by atoms with E-state index in [4.69, 9.17) is 0 Å². The molecule has 1 saturated carbocycles. The third-order valence-electron chi connectivity index (χ3n) is 3.16. The predicted molar refractivity (Wildman–Crippen MR) is 65.8 cm³/mol. The molecule has 2 aromatic heterocycles. The largest absolute Gasteiger partial charge is 0.351 e. The molecule has 0 spiro atoms. The molecule has 0 radical (unpaired) electrons. The SMILES string of the molecule is Cc1nn(C)cc1CNc1nccn1C1CC1. The maximum absolute atomic E-state index is 4.35. The van der Waals surface area contributed by atoms with Crippen LogP contribution in [0.3, 0.4) is 0 Å². The Balaban J connectivity index is 1.71. The molecule has 90 valence electrons. The lowest BCUT2D eigenvalue weighted by Crippen LogP contribution is -2.06. The van der Waals surface area contributed by atoms with Gasteiger partial charge >= 0.3 is 0 Å². The van der Waals surface area contributed by atoms with E-state index >= 15 is 0 Å². The molecule has 0 aromatic carbocycles. The molecule has 1 fully saturated rings. The number of imidazole rings is 1. The molecule has 1 N–H and O–H groups in total. The monoisotopic (exact) mass is 231 g/mol. The van der Waals surface area contributed by atoms with Crippen molar-refractivity contribution >= 4 is 5.95 Å². The molecule has 0 aliphatic heterocycles. The Morgan fingerprint density at radius 3 is 2.94 bits per heavy atom. The molecule has 0 unspecified atom stereocenters. The highest BCUT2D eigenvalue weighted by Gasteiger charge is 2.25. The minimum absolute atomic E-state index is 0.662. The van der Waals surface area contributed by atoms with Gasteiger partial charge in [-0.1, -0.05) is 0 Å². The van der Waals surface area contributed by atoms with Crippen LogP contribution in [0.5, 0.6) is 0 Å². The number of hydrogen-bond acceptors (Lipinski definition) is 3. The van der Waals surface area contributed by atoms with Crippen molar-refractivity contribution < 1.29 is 0 Å². The molecule has 2 heterocycles. The Hall–Kier alpha value is -1.78. The second kappa shape index (κ2) is 3.91. The fourth-order valence-corrected chi connectivity index (χ4v) is 2.09. The highest BCUT2D eigenvalue weighted by Crippen LogP contribution is 2.36. The summed E-state index contributed by atoms with van der Waals surface area (Å²) < 4.78 is 4.07. The smallest absolute Gasteiger partial charge is 0.203 e. The fraction of sp³-hybridized carbons (Fsp3) is 0.500. The zero-order chi connectivity index (χ0) is 11.8. The lowest BCUT2D eigenvalue weighted by Gasteiger charge is -2.07. The lowest BCUT2D eigenvalue weighted by atomic mass is 10.3. The van der Waals surface area contributed by atoms with Crippen LogP contribution in [-0.4, -0.2) is 19.3 Å². The van der Waals surface area contributed by atoms with Crippen molar-refractivity contribution in [2.45, 2.75) is 32.4 Å². The van der Waals surface area contributed by atoms with Gasteiger partial charge in [0.25, 0.3) is 0 Å². The first-order valence-electron chi connectivity index (χ1n) is 6.00. The Morgan fingerprint density at radius 1 is 1.47 bits per heavy atom. The molecule has 5 nitrogen and oxygen atoms in total. The lowest BCUT2D eigenvalue weighted by molar-refractivity contribution is 0.743. The molecule has 1 aliphatic rings. The van der Waals surface area contributed by atoms with Crippen LogP contribution in [-0.2, 0) is 13.6 Å². The van der Waals surface area contributed by atoms with Crippen molar-refractivity contribution in [1.29, 1.82) is 0 Å². The first kappa shape index (κ1) is 10.4. The minimum atomic E-state index is 0.662. The van der Waals surface area contributed by atoms with E-state index in [0.717, 1.165) is 18.2 Å². The van der Waals surface area contributed by atoms with E-state index in [1.54, 1.807) is 0 Å².